The summed E-state index contributed by atoms with van der Waals surface area (Å²) in [5.41, 5.74) is 1.62. The molecule has 3 aromatic rings. The first kappa shape index (κ1) is 14.5. The highest BCUT2D eigenvalue weighted by Crippen LogP contribution is 2.32. The Morgan fingerprint density at radius 1 is 1.00 bits per heavy atom. The molecule has 0 radical (unpaired) electrons. The van der Waals surface area contributed by atoms with Crippen LogP contribution in [-0.2, 0) is 0 Å². The summed E-state index contributed by atoms with van der Waals surface area (Å²) in [6.45, 7) is 1.86. The summed E-state index contributed by atoms with van der Waals surface area (Å²) < 4.78 is 14.0. The lowest BCUT2D eigenvalue weighted by atomic mass is 10.1. The van der Waals surface area contributed by atoms with E-state index in [-0.39, 0.29) is 16.5 Å². The van der Waals surface area contributed by atoms with Crippen LogP contribution in [0.3, 0.4) is 0 Å². The Kier molecular flexibility index (Phi) is 3.74. The average Bonchev–Trinajstić information content (AvgIpc) is 2.42. The van der Waals surface area contributed by atoms with Gasteiger partial charge in [-0.25, -0.2) is 14.4 Å². The molecule has 3 rings (SSSR count). The van der Waals surface area contributed by atoms with E-state index in [0.29, 0.717) is 20.9 Å². The van der Waals surface area contributed by atoms with Crippen LogP contribution in [0.25, 0.3) is 22.3 Å². The van der Waals surface area contributed by atoms with E-state index in [1.165, 1.54) is 6.07 Å². The van der Waals surface area contributed by atoms with Gasteiger partial charge in [0, 0.05) is 10.4 Å². The first-order chi connectivity index (χ1) is 9.95. The van der Waals surface area contributed by atoms with Gasteiger partial charge in [-0.3, -0.25) is 0 Å². The molecule has 0 unspecified atom stereocenters. The Labute approximate surface area is 135 Å². The van der Waals surface area contributed by atoms with Crippen molar-refractivity contribution in [3.8, 4) is 11.4 Å². The zero-order valence-corrected chi connectivity index (χ0v) is 13.1. The predicted molar refractivity (Wildman–Crippen MR) is 84.7 cm³/mol. The molecular formula is C15H8Cl3FN2. The Balaban J connectivity index is 2.33. The monoisotopic (exact) mass is 340 g/mol. The molecule has 0 bridgehead atoms. The quantitative estimate of drug-likeness (QED) is 0.530. The molecule has 0 amide bonds. The maximum absolute atomic E-state index is 14.0. The number of nitrogens with zero attached hydrogens (tertiary/aromatic N) is 2. The van der Waals surface area contributed by atoms with Gasteiger partial charge in [0.25, 0.3) is 0 Å². The molecule has 1 heterocycles. The standard InChI is InChI=1S/C15H8Cl3FN2/c1-7-2-3-12(19)9(4-7)15-20-13-10(14(18)21-15)5-8(16)6-11(13)17/h2-6H,1H3. The van der Waals surface area contributed by atoms with E-state index in [4.69, 9.17) is 34.8 Å². The number of fused-ring (bicyclic) bond motifs is 1. The molecule has 6 heteroatoms. The SMILES string of the molecule is Cc1ccc(F)c(-c2nc(Cl)c3cc(Cl)cc(Cl)c3n2)c1. The van der Waals surface area contributed by atoms with Crippen molar-refractivity contribution in [2.45, 2.75) is 6.92 Å². The van der Waals surface area contributed by atoms with E-state index in [1.54, 1.807) is 24.3 Å². The van der Waals surface area contributed by atoms with Gasteiger partial charge in [0.05, 0.1) is 16.1 Å². The highest BCUT2D eigenvalue weighted by atomic mass is 35.5. The van der Waals surface area contributed by atoms with Gasteiger partial charge in [0.15, 0.2) is 5.82 Å². The zero-order chi connectivity index (χ0) is 15.1. The Hall–Kier alpha value is -1.42. The summed E-state index contributed by atoms with van der Waals surface area (Å²) in [7, 11) is 0. The molecule has 0 saturated carbocycles. The van der Waals surface area contributed by atoms with Crippen molar-refractivity contribution < 1.29 is 4.39 Å². The summed E-state index contributed by atoms with van der Waals surface area (Å²) in [4.78, 5) is 8.48. The second-order valence-corrected chi connectivity index (χ2v) is 5.81. The molecule has 0 N–H and O–H groups in total. The maximum Gasteiger partial charge on any atom is 0.164 e. The molecule has 0 aliphatic rings. The minimum atomic E-state index is -0.416. The van der Waals surface area contributed by atoms with Crippen molar-refractivity contribution in [1.82, 2.24) is 9.97 Å². The van der Waals surface area contributed by atoms with Crippen molar-refractivity contribution in [3.63, 3.8) is 0 Å². The topological polar surface area (TPSA) is 25.8 Å². The second kappa shape index (κ2) is 5.41. The van der Waals surface area contributed by atoms with Gasteiger partial charge < -0.3 is 0 Å². The van der Waals surface area contributed by atoms with Gasteiger partial charge in [-0.05, 0) is 31.2 Å². The molecule has 106 valence electrons. The van der Waals surface area contributed by atoms with Gasteiger partial charge in [-0.2, -0.15) is 0 Å². The molecular weight excluding hydrogens is 334 g/mol. The normalized spacial score (nSPS) is 11.1. The van der Waals surface area contributed by atoms with Crippen LogP contribution in [-0.4, -0.2) is 9.97 Å². The summed E-state index contributed by atoms with van der Waals surface area (Å²) in [5.74, 6) is -0.223. The number of benzene rings is 2. The summed E-state index contributed by atoms with van der Waals surface area (Å²) in [5, 5.41) is 1.50. The lowest BCUT2D eigenvalue weighted by Crippen LogP contribution is -1.95. The van der Waals surface area contributed by atoms with Gasteiger partial charge in [-0.1, -0.05) is 46.4 Å². The molecule has 21 heavy (non-hydrogen) atoms. The van der Waals surface area contributed by atoms with E-state index < -0.39 is 5.82 Å². The van der Waals surface area contributed by atoms with E-state index in [9.17, 15) is 4.39 Å². The van der Waals surface area contributed by atoms with E-state index in [1.807, 2.05) is 6.92 Å². The van der Waals surface area contributed by atoms with E-state index >= 15 is 0 Å². The summed E-state index contributed by atoms with van der Waals surface area (Å²) in [6, 6.07) is 7.90. The zero-order valence-electron chi connectivity index (χ0n) is 10.8. The summed E-state index contributed by atoms with van der Waals surface area (Å²) in [6.07, 6.45) is 0. The molecule has 1 aromatic heterocycles. The molecule has 0 aliphatic heterocycles. The van der Waals surface area contributed by atoms with Gasteiger partial charge in [-0.15, -0.1) is 0 Å². The summed E-state index contributed by atoms with van der Waals surface area (Å²) >= 11 is 18.2. The van der Waals surface area contributed by atoms with Crippen LogP contribution in [0.2, 0.25) is 15.2 Å². The predicted octanol–water partition coefficient (Wildman–Crippen LogP) is 5.70. The minimum Gasteiger partial charge on any atom is -0.226 e. The lowest BCUT2D eigenvalue weighted by molar-refractivity contribution is 0.629. The van der Waals surface area contributed by atoms with Crippen molar-refractivity contribution in [3.05, 3.63) is 56.9 Å². The minimum absolute atomic E-state index is 0.181. The second-order valence-electron chi connectivity index (χ2n) is 4.61. The number of aryl methyl sites for hydroxylation is 1. The van der Waals surface area contributed by atoms with Gasteiger partial charge >= 0.3 is 0 Å². The van der Waals surface area contributed by atoms with Crippen LogP contribution in [0.1, 0.15) is 5.56 Å². The fourth-order valence-corrected chi connectivity index (χ4v) is 2.81. The third-order valence-electron chi connectivity index (χ3n) is 3.03. The van der Waals surface area contributed by atoms with Crippen LogP contribution >= 0.6 is 34.8 Å². The number of rotatable bonds is 1. The lowest BCUT2D eigenvalue weighted by Gasteiger charge is -2.08. The smallest absolute Gasteiger partial charge is 0.164 e. The molecule has 0 atom stereocenters. The molecule has 0 spiro atoms. The Morgan fingerprint density at radius 3 is 2.52 bits per heavy atom. The van der Waals surface area contributed by atoms with Crippen LogP contribution < -0.4 is 0 Å². The Bertz CT molecular complexity index is 865. The van der Waals surface area contributed by atoms with E-state index in [0.717, 1.165) is 5.56 Å². The maximum atomic E-state index is 14.0. The van der Waals surface area contributed by atoms with Gasteiger partial charge in [0.2, 0.25) is 0 Å². The van der Waals surface area contributed by atoms with Crippen LogP contribution in [0.5, 0.6) is 0 Å². The van der Waals surface area contributed by atoms with Gasteiger partial charge in [0.1, 0.15) is 11.0 Å². The number of hydrogen-bond acceptors (Lipinski definition) is 2. The molecule has 2 nitrogen and oxygen atoms in total. The molecule has 0 aliphatic carbocycles. The van der Waals surface area contributed by atoms with Crippen LogP contribution in [0.15, 0.2) is 30.3 Å². The number of aromatic nitrogens is 2. The van der Waals surface area contributed by atoms with Crippen molar-refractivity contribution in [2.24, 2.45) is 0 Å². The first-order valence-electron chi connectivity index (χ1n) is 6.04. The largest absolute Gasteiger partial charge is 0.226 e. The highest BCUT2D eigenvalue weighted by Gasteiger charge is 2.14. The fourth-order valence-electron chi connectivity index (χ4n) is 2.05. The molecule has 0 fully saturated rings. The fraction of sp³-hybridized carbons (Fsp3) is 0.0667. The number of halogens is 4. The molecule has 0 saturated heterocycles. The van der Waals surface area contributed by atoms with E-state index in [2.05, 4.69) is 9.97 Å². The third kappa shape index (κ3) is 2.69. The average molecular weight is 342 g/mol. The highest BCUT2D eigenvalue weighted by molar-refractivity contribution is 6.41. The van der Waals surface area contributed by atoms with Crippen molar-refractivity contribution >= 4 is 45.7 Å². The third-order valence-corrected chi connectivity index (χ3v) is 3.83. The van der Waals surface area contributed by atoms with Crippen LogP contribution in [0.4, 0.5) is 4.39 Å². The Morgan fingerprint density at radius 2 is 1.76 bits per heavy atom. The molecule has 2 aromatic carbocycles. The first-order valence-corrected chi connectivity index (χ1v) is 7.18. The van der Waals surface area contributed by atoms with Crippen molar-refractivity contribution in [1.29, 1.82) is 0 Å². The van der Waals surface area contributed by atoms with Crippen molar-refractivity contribution in [2.75, 3.05) is 0 Å². The number of hydrogen-bond donors (Lipinski definition) is 0. The van der Waals surface area contributed by atoms with Crippen LogP contribution in [0, 0.1) is 12.7 Å².